The van der Waals surface area contributed by atoms with Gasteiger partial charge in [-0.2, -0.15) is 0 Å². The average molecular weight is 589 g/mol. The monoisotopic (exact) mass is 588 g/mol. The first-order valence-corrected chi connectivity index (χ1v) is 13.8. The van der Waals surface area contributed by atoms with Crippen LogP contribution < -0.4 is 21.8 Å². The van der Waals surface area contributed by atoms with Crippen LogP contribution in [0.15, 0.2) is 24.3 Å². The molecule has 2 heterocycles. The Morgan fingerprint density at radius 1 is 0.659 bits per heavy atom. The van der Waals surface area contributed by atoms with Gasteiger partial charge in [0.2, 0.25) is 5.91 Å². The van der Waals surface area contributed by atoms with E-state index in [4.69, 9.17) is 10.9 Å². The number of hydrogen-bond donors (Lipinski definition) is 5. The van der Waals surface area contributed by atoms with Gasteiger partial charge in [0.25, 0.3) is 23.6 Å². The minimum atomic E-state index is -0.486. The van der Waals surface area contributed by atoms with E-state index in [1.165, 1.54) is 9.80 Å². The van der Waals surface area contributed by atoms with Gasteiger partial charge in [-0.3, -0.25) is 39.0 Å². The molecule has 41 heavy (non-hydrogen) atoms. The maximum absolute atomic E-state index is 13.3. The van der Waals surface area contributed by atoms with E-state index >= 15 is 0 Å². The van der Waals surface area contributed by atoms with Gasteiger partial charge in [-0.1, -0.05) is 6.42 Å². The third-order valence-corrected chi connectivity index (χ3v) is 7.24. The zero-order valence-electron chi connectivity index (χ0n) is 22.9. The van der Waals surface area contributed by atoms with Crippen molar-refractivity contribution in [3.05, 3.63) is 46.5 Å². The maximum atomic E-state index is 13.3. The van der Waals surface area contributed by atoms with E-state index in [1.807, 2.05) is 0 Å². The normalized spacial score (nSPS) is 14.1. The summed E-state index contributed by atoms with van der Waals surface area (Å²) in [4.78, 5) is 66.9. The summed E-state index contributed by atoms with van der Waals surface area (Å²) >= 11 is 0. The van der Waals surface area contributed by atoms with Crippen molar-refractivity contribution in [1.29, 1.82) is 0 Å². The molecule has 2 aromatic carbocycles. The van der Waals surface area contributed by atoms with Gasteiger partial charge >= 0.3 is 0 Å². The number of carbonyl (C=O) groups excluding carboxylic acids is 5. The van der Waals surface area contributed by atoms with Crippen LogP contribution in [0.3, 0.4) is 0 Å². The molecule has 0 saturated carbocycles. The largest absolute Gasteiger partial charge is 0.330 e. The molecule has 0 fully saturated rings. The van der Waals surface area contributed by atoms with Crippen molar-refractivity contribution >= 4 is 52.7 Å². The van der Waals surface area contributed by atoms with Crippen molar-refractivity contribution in [2.45, 2.75) is 38.5 Å². The molecule has 0 bridgehead atoms. The number of nitrogens with zero attached hydrogens (tertiary/aromatic N) is 2. The van der Waals surface area contributed by atoms with Crippen LogP contribution in [0.4, 0.5) is 0 Å². The van der Waals surface area contributed by atoms with E-state index < -0.39 is 29.5 Å². The Morgan fingerprint density at radius 3 is 1.54 bits per heavy atom. The van der Waals surface area contributed by atoms with Crippen LogP contribution in [0.1, 0.15) is 80.0 Å². The van der Waals surface area contributed by atoms with Gasteiger partial charge in [0.1, 0.15) is 0 Å². The molecule has 0 spiro atoms. The standard InChI is InChI=1S/C28H36N6O6.ClH/c29-11-4-12-30-14-15-31-13-5-17-34-27(38)20-9-7-18-23-19(8-10-21(24(20)23)28(34)39)26(37)33(25(18)36)16-3-1-2-6-22(35)32-40;/h7-10,30-31,40H,1-6,11-17,29H2,(H,32,35);1H. The number of carbonyl (C=O) groups is 5. The Hall–Kier alpha value is -3.42. The summed E-state index contributed by atoms with van der Waals surface area (Å²) in [7, 11) is 0. The Morgan fingerprint density at radius 2 is 1.10 bits per heavy atom. The topological polar surface area (TPSA) is 174 Å². The van der Waals surface area contributed by atoms with E-state index in [1.54, 1.807) is 29.7 Å². The summed E-state index contributed by atoms with van der Waals surface area (Å²) in [6.45, 7) is 4.15. The number of nitrogens with two attached hydrogens (primary N) is 1. The van der Waals surface area contributed by atoms with Crippen LogP contribution in [0.25, 0.3) is 10.8 Å². The predicted octanol–water partition coefficient (Wildman–Crippen LogP) is 1.44. The number of hydrogen-bond acceptors (Lipinski definition) is 9. The predicted molar refractivity (Wildman–Crippen MR) is 154 cm³/mol. The molecule has 0 aromatic heterocycles. The summed E-state index contributed by atoms with van der Waals surface area (Å²) in [5.74, 6) is -2.29. The fourth-order valence-corrected chi connectivity index (χ4v) is 5.18. The molecule has 0 saturated heterocycles. The Balaban J connectivity index is 0.00000462. The quantitative estimate of drug-likeness (QED) is 0.0841. The highest BCUT2D eigenvalue weighted by Gasteiger charge is 2.39. The van der Waals surface area contributed by atoms with Crippen LogP contribution in [0.5, 0.6) is 0 Å². The summed E-state index contributed by atoms with van der Waals surface area (Å²) < 4.78 is 0. The van der Waals surface area contributed by atoms with Crippen LogP contribution >= 0.6 is 12.4 Å². The molecular formula is C28H37ClN6O6. The number of amides is 5. The fourth-order valence-electron chi connectivity index (χ4n) is 5.18. The van der Waals surface area contributed by atoms with Gasteiger partial charge in [-0.15, -0.1) is 12.4 Å². The lowest BCUT2D eigenvalue weighted by molar-refractivity contribution is -0.129. The van der Waals surface area contributed by atoms with Gasteiger partial charge in [0.15, 0.2) is 0 Å². The molecule has 12 nitrogen and oxygen atoms in total. The molecule has 13 heteroatoms. The summed E-state index contributed by atoms with van der Waals surface area (Å²) in [5, 5.41) is 15.9. The highest BCUT2D eigenvalue weighted by Crippen LogP contribution is 2.37. The molecular weight excluding hydrogens is 552 g/mol. The molecule has 2 aliphatic rings. The number of halogens is 1. The van der Waals surface area contributed by atoms with Gasteiger partial charge in [0, 0.05) is 65.6 Å². The molecule has 2 aliphatic heterocycles. The third-order valence-electron chi connectivity index (χ3n) is 7.24. The lowest BCUT2D eigenvalue weighted by atomic mass is 9.86. The first-order chi connectivity index (χ1) is 19.4. The number of nitrogens with one attached hydrogen (secondary N) is 3. The first kappa shape index (κ1) is 32.1. The highest BCUT2D eigenvalue weighted by atomic mass is 35.5. The minimum absolute atomic E-state index is 0. The van der Waals surface area contributed by atoms with Crippen molar-refractivity contribution < 1.29 is 29.2 Å². The molecule has 0 aliphatic carbocycles. The average Bonchev–Trinajstić information content (AvgIpc) is 2.96. The molecule has 2 aromatic rings. The summed E-state index contributed by atoms with van der Waals surface area (Å²) in [5.41, 5.74) is 8.24. The van der Waals surface area contributed by atoms with Crippen LogP contribution in [-0.4, -0.2) is 90.4 Å². The number of imide groups is 2. The smallest absolute Gasteiger partial charge is 0.261 e. The van der Waals surface area contributed by atoms with Crippen molar-refractivity contribution in [2.24, 2.45) is 5.73 Å². The Labute approximate surface area is 244 Å². The highest BCUT2D eigenvalue weighted by molar-refractivity contribution is 6.33. The lowest BCUT2D eigenvalue weighted by Gasteiger charge is -2.32. The SMILES string of the molecule is Cl.NCCCNCCNCCCN1C(=O)c2ccc3c4c(ccc(c24)C1=O)C(=O)N(CCCCCC(=O)NO)C3=O. The van der Waals surface area contributed by atoms with Gasteiger partial charge in [-0.05, 0) is 69.6 Å². The molecule has 4 rings (SSSR count). The molecule has 0 atom stereocenters. The molecule has 0 radical (unpaired) electrons. The number of unbranched alkanes of at least 4 members (excludes halogenated alkanes) is 2. The fraction of sp³-hybridized carbons (Fsp3) is 0.464. The van der Waals surface area contributed by atoms with Gasteiger partial charge in [0.05, 0.1) is 0 Å². The molecule has 0 unspecified atom stereocenters. The number of benzene rings is 2. The lowest BCUT2D eigenvalue weighted by Crippen LogP contribution is -2.44. The third kappa shape index (κ3) is 6.91. The van der Waals surface area contributed by atoms with E-state index in [0.717, 1.165) is 26.1 Å². The maximum Gasteiger partial charge on any atom is 0.261 e. The van der Waals surface area contributed by atoms with E-state index in [-0.39, 0.29) is 43.0 Å². The molecule has 222 valence electrons. The zero-order chi connectivity index (χ0) is 28.6. The van der Waals surface area contributed by atoms with Crippen molar-refractivity contribution in [3.8, 4) is 0 Å². The number of rotatable bonds is 16. The van der Waals surface area contributed by atoms with Crippen molar-refractivity contribution in [3.63, 3.8) is 0 Å². The molecule has 6 N–H and O–H groups in total. The van der Waals surface area contributed by atoms with Crippen molar-refractivity contribution in [1.82, 2.24) is 25.9 Å². The second-order valence-electron chi connectivity index (χ2n) is 9.94. The summed E-state index contributed by atoms with van der Waals surface area (Å²) in [6, 6.07) is 6.25. The van der Waals surface area contributed by atoms with E-state index in [9.17, 15) is 24.0 Å². The molecule has 5 amide bonds. The first-order valence-electron chi connectivity index (χ1n) is 13.8. The van der Waals surface area contributed by atoms with E-state index in [2.05, 4.69) is 10.6 Å². The second-order valence-corrected chi connectivity index (χ2v) is 9.94. The Bertz CT molecular complexity index is 1250. The van der Waals surface area contributed by atoms with Crippen LogP contribution in [-0.2, 0) is 4.79 Å². The van der Waals surface area contributed by atoms with Crippen LogP contribution in [0, 0.1) is 0 Å². The second kappa shape index (κ2) is 15.0. The van der Waals surface area contributed by atoms with Crippen molar-refractivity contribution in [2.75, 3.05) is 45.8 Å². The summed E-state index contributed by atoms with van der Waals surface area (Å²) in [6.07, 6.45) is 3.25. The minimum Gasteiger partial charge on any atom is -0.330 e. The van der Waals surface area contributed by atoms with E-state index in [0.29, 0.717) is 60.7 Å². The Kier molecular flexibility index (Phi) is 11.7. The van der Waals surface area contributed by atoms with Gasteiger partial charge < -0.3 is 16.4 Å². The number of hydroxylamine groups is 1. The van der Waals surface area contributed by atoms with Crippen LogP contribution in [0.2, 0.25) is 0 Å². The zero-order valence-corrected chi connectivity index (χ0v) is 23.7. The van der Waals surface area contributed by atoms with Gasteiger partial charge in [-0.25, -0.2) is 5.48 Å².